The number of nitrogens with one attached hydrogen (secondary N) is 2. The molecule has 1 aliphatic heterocycles. The fourth-order valence-corrected chi connectivity index (χ4v) is 3.65. The highest BCUT2D eigenvalue weighted by atomic mass is 79.9. The van der Waals surface area contributed by atoms with Crippen molar-refractivity contribution in [3.8, 4) is 0 Å². The number of hydrogen-bond donors (Lipinski definition) is 2. The lowest BCUT2D eigenvalue weighted by atomic mass is 10.1. The summed E-state index contributed by atoms with van der Waals surface area (Å²) in [5, 5.41) is 5.42. The van der Waals surface area contributed by atoms with Gasteiger partial charge in [-0.15, -0.1) is 0 Å². The first-order valence-electron chi connectivity index (χ1n) is 9.08. The van der Waals surface area contributed by atoms with Crippen LogP contribution in [0.3, 0.4) is 0 Å². The lowest BCUT2D eigenvalue weighted by Gasteiger charge is -2.16. The molecule has 1 aliphatic rings. The molecule has 2 aromatic rings. The van der Waals surface area contributed by atoms with Gasteiger partial charge in [0.05, 0.1) is 12.5 Å². The number of benzene rings is 2. The van der Waals surface area contributed by atoms with E-state index in [1.807, 2.05) is 49.4 Å². The number of carbonyl (C=O) groups excluding carboxylic acids is 3. The summed E-state index contributed by atoms with van der Waals surface area (Å²) in [5.41, 5.74) is 2.65. The van der Waals surface area contributed by atoms with Crippen molar-refractivity contribution in [2.75, 3.05) is 18.4 Å². The minimum Gasteiger partial charge on any atom is -0.347 e. The minimum absolute atomic E-state index is 0.0426. The fraction of sp³-hybridized carbons (Fsp3) is 0.286. The van der Waals surface area contributed by atoms with Gasteiger partial charge in [-0.1, -0.05) is 46.3 Å². The molecule has 0 spiro atoms. The Morgan fingerprint density at radius 2 is 1.93 bits per heavy atom. The Hall–Kier alpha value is -2.67. The third kappa shape index (κ3) is 5.19. The molecule has 2 aromatic carbocycles. The molecular weight excluding hydrogens is 422 g/mol. The summed E-state index contributed by atoms with van der Waals surface area (Å²) in [6.07, 6.45) is 0.173. The molecule has 146 valence electrons. The smallest absolute Gasteiger partial charge is 0.243 e. The van der Waals surface area contributed by atoms with Crippen molar-refractivity contribution in [3.63, 3.8) is 0 Å². The van der Waals surface area contributed by atoms with E-state index in [4.69, 9.17) is 0 Å². The van der Waals surface area contributed by atoms with E-state index in [1.165, 1.54) is 0 Å². The minimum atomic E-state index is -0.432. The number of hydrogen-bond acceptors (Lipinski definition) is 3. The van der Waals surface area contributed by atoms with Gasteiger partial charge >= 0.3 is 0 Å². The average Bonchev–Trinajstić information content (AvgIpc) is 3.03. The molecule has 2 N–H and O–H groups in total. The van der Waals surface area contributed by atoms with E-state index in [1.54, 1.807) is 11.0 Å². The number of rotatable bonds is 6. The molecule has 1 saturated heterocycles. The van der Waals surface area contributed by atoms with Crippen LogP contribution in [0.2, 0.25) is 0 Å². The Bertz CT molecular complexity index is 886. The predicted octanol–water partition coefficient (Wildman–Crippen LogP) is 2.86. The van der Waals surface area contributed by atoms with Gasteiger partial charge in [-0.05, 0) is 36.2 Å². The van der Waals surface area contributed by atoms with Crippen LogP contribution >= 0.6 is 15.9 Å². The first-order valence-corrected chi connectivity index (χ1v) is 9.87. The highest BCUT2D eigenvalue weighted by Crippen LogP contribution is 2.21. The van der Waals surface area contributed by atoms with E-state index in [-0.39, 0.29) is 30.7 Å². The van der Waals surface area contributed by atoms with Crippen LogP contribution < -0.4 is 10.6 Å². The second-order valence-electron chi connectivity index (χ2n) is 6.89. The van der Waals surface area contributed by atoms with Crippen molar-refractivity contribution >= 4 is 39.3 Å². The third-order valence-corrected chi connectivity index (χ3v) is 5.18. The zero-order valence-electron chi connectivity index (χ0n) is 15.6. The maximum Gasteiger partial charge on any atom is 0.243 e. The van der Waals surface area contributed by atoms with Crippen LogP contribution in [0.25, 0.3) is 0 Å². The first-order chi connectivity index (χ1) is 13.4. The molecule has 0 radical (unpaired) electrons. The normalized spacial score (nSPS) is 16.1. The maximum atomic E-state index is 12.4. The van der Waals surface area contributed by atoms with E-state index in [2.05, 4.69) is 26.6 Å². The van der Waals surface area contributed by atoms with E-state index >= 15 is 0 Å². The Labute approximate surface area is 172 Å². The predicted molar refractivity (Wildman–Crippen MR) is 110 cm³/mol. The molecule has 28 heavy (non-hydrogen) atoms. The Balaban J connectivity index is 1.48. The van der Waals surface area contributed by atoms with Crippen molar-refractivity contribution < 1.29 is 14.4 Å². The Morgan fingerprint density at radius 3 is 2.64 bits per heavy atom. The van der Waals surface area contributed by atoms with E-state index in [0.717, 1.165) is 15.6 Å². The SMILES string of the molecule is Cc1cc(Br)ccc1NC(=O)CNC(=O)C1CC(=O)N(Cc2ccccc2)C1. The molecule has 3 rings (SSSR count). The zero-order chi connectivity index (χ0) is 20.1. The number of likely N-dealkylation sites (tertiary alicyclic amines) is 1. The van der Waals surface area contributed by atoms with Crippen LogP contribution in [0.15, 0.2) is 53.0 Å². The van der Waals surface area contributed by atoms with Crippen molar-refractivity contribution in [3.05, 3.63) is 64.1 Å². The van der Waals surface area contributed by atoms with Gasteiger partial charge < -0.3 is 15.5 Å². The lowest BCUT2D eigenvalue weighted by molar-refractivity contribution is -0.129. The second kappa shape index (κ2) is 9.01. The molecular formula is C21H22BrN3O3. The highest BCUT2D eigenvalue weighted by molar-refractivity contribution is 9.10. The second-order valence-corrected chi connectivity index (χ2v) is 7.80. The third-order valence-electron chi connectivity index (χ3n) is 4.69. The molecule has 1 unspecified atom stereocenters. The zero-order valence-corrected chi connectivity index (χ0v) is 17.2. The van der Waals surface area contributed by atoms with Crippen molar-refractivity contribution in [2.24, 2.45) is 5.92 Å². The Morgan fingerprint density at radius 1 is 1.18 bits per heavy atom. The van der Waals surface area contributed by atoms with Gasteiger partial charge in [0.2, 0.25) is 17.7 Å². The molecule has 0 aromatic heterocycles. The van der Waals surface area contributed by atoms with Crippen LogP contribution in [0.5, 0.6) is 0 Å². The number of carbonyl (C=O) groups is 3. The summed E-state index contributed by atoms with van der Waals surface area (Å²) in [5.74, 6) is -1.05. The van der Waals surface area contributed by atoms with Gasteiger partial charge in [0.25, 0.3) is 0 Å². The number of halogens is 1. The van der Waals surface area contributed by atoms with Gasteiger partial charge in [0.1, 0.15) is 0 Å². The van der Waals surface area contributed by atoms with Crippen molar-refractivity contribution in [1.29, 1.82) is 0 Å². The Kier molecular flexibility index (Phi) is 6.46. The van der Waals surface area contributed by atoms with Crippen molar-refractivity contribution in [1.82, 2.24) is 10.2 Å². The number of amides is 3. The monoisotopic (exact) mass is 443 g/mol. The fourth-order valence-electron chi connectivity index (χ4n) is 3.18. The van der Waals surface area contributed by atoms with E-state index in [0.29, 0.717) is 18.8 Å². The lowest BCUT2D eigenvalue weighted by Crippen LogP contribution is -2.37. The van der Waals surface area contributed by atoms with Crippen LogP contribution in [0.4, 0.5) is 5.69 Å². The van der Waals surface area contributed by atoms with Gasteiger partial charge in [0, 0.05) is 29.7 Å². The quantitative estimate of drug-likeness (QED) is 0.720. The summed E-state index contributed by atoms with van der Waals surface area (Å²) in [4.78, 5) is 38.4. The summed E-state index contributed by atoms with van der Waals surface area (Å²) in [6.45, 7) is 2.63. The molecule has 1 fully saturated rings. The largest absolute Gasteiger partial charge is 0.347 e. The molecule has 0 aliphatic carbocycles. The summed E-state index contributed by atoms with van der Waals surface area (Å²) >= 11 is 3.38. The van der Waals surface area contributed by atoms with E-state index < -0.39 is 5.92 Å². The molecule has 0 saturated carbocycles. The van der Waals surface area contributed by atoms with Crippen LogP contribution in [0, 0.1) is 12.8 Å². The van der Waals surface area contributed by atoms with Crippen molar-refractivity contribution in [2.45, 2.75) is 19.9 Å². The van der Waals surface area contributed by atoms with Gasteiger partial charge in [-0.2, -0.15) is 0 Å². The summed E-state index contributed by atoms with van der Waals surface area (Å²) in [7, 11) is 0. The maximum absolute atomic E-state index is 12.4. The number of anilines is 1. The molecule has 1 atom stereocenters. The summed E-state index contributed by atoms with van der Waals surface area (Å²) < 4.78 is 0.933. The van der Waals surface area contributed by atoms with Crippen LogP contribution in [-0.4, -0.2) is 35.7 Å². The number of aryl methyl sites for hydroxylation is 1. The average molecular weight is 444 g/mol. The number of nitrogens with zero attached hydrogens (tertiary/aromatic N) is 1. The highest BCUT2D eigenvalue weighted by Gasteiger charge is 2.34. The topological polar surface area (TPSA) is 78.5 Å². The molecule has 0 bridgehead atoms. The standard InChI is InChI=1S/C21H22BrN3O3/c1-14-9-17(22)7-8-18(14)24-19(26)11-23-21(28)16-10-20(27)25(13-16)12-15-5-3-2-4-6-15/h2-9,16H,10-13H2,1H3,(H,23,28)(H,24,26). The van der Waals surface area contributed by atoms with E-state index in [9.17, 15) is 14.4 Å². The van der Waals surface area contributed by atoms with Gasteiger partial charge in [-0.3, -0.25) is 14.4 Å². The first kappa shape index (κ1) is 20.1. The van der Waals surface area contributed by atoms with Crippen LogP contribution in [0.1, 0.15) is 17.5 Å². The van der Waals surface area contributed by atoms with Gasteiger partial charge in [0.15, 0.2) is 0 Å². The molecule has 1 heterocycles. The van der Waals surface area contributed by atoms with Crippen LogP contribution in [-0.2, 0) is 20.9 Å². The summed E-state index contributed by atoms with van der Waals surface area (Å²) in [6, 6.07) is 15.2. The molecule has 6 nitrogen and oxygen atoms in total. The van der Waals surface area contributed by atoms with Gasteiger partial charge in [-0.25, -0.2) is 0 Å². The molecule has 7 heteroatoms. The molecule has 3 amide bonds.